The van der Waals surface area contributed by atoms with Gasteiger partial charge in [-0.15, -0.1) is 0 Å². The first-order valence-corrected chi connectivity index (χ1v) is 13.2. The summed E-state index contributed by atoms with van der Waals surface area (Å²) in [4.78, 5) is 1.09. The Morgan fingerprint density at radius 2 is 0.931 bits per heavy atom. The van der Waals surface area contributed by atoms with E-state index in [1.54, 1.807) is 0 Å². The summed E-state index contributed by atoms with van der Waals surface area (Å²) in [5.74, 6) is 0. The fraction of sp³-hybridized carbons (Fsp3) is 1.00. The third-order valence-corrected chi connectivity index (χ3v) is 7.42. The Morgan fingerprint density at radius 3 is 1.21 bits per heavy atom. The van der Waals surface area contributed by atoms with Crippen LogP contribution < -0.4 is 59.1 Å². The molecular formula is C18H37NNa2O6S2. The van der Waals surface area contributed by atoms with Gasteiger partial charge in [0, 0.05) is 6.54 Å². The normalized spacial score (nSPS) is 14.1. The summed E-state index contributed by atoms with van der Waals surface area (Å²) in [6.45, 7) is 5.33. The van der Waals surface area contributed by atoms with E-state index >= 15 is 0 Å². The maximum absolute atomic E-state index is 11.5. The van der Waals surface area contributed by atoms with Crippen LogP contribution in [0.15, 0.2) is 0 Å². The van der Waals surface area contributed by atoms with Crippen LogP contribution in [0.2, 0.25) is 0 Å². The molecule has 0 aliphatic heterocycles. The van der Waals surface area contributed by atoms with Crippen molar-refractivity contribution in [2.24, 2.45) is 0 Å². The van der Waals surface area contributed by atoms with E-state index < -0.39 is 31.0 Å². The minimum absolute atomic E-state index is 0. The largest absolute Gasteiger partial charge is 1.00 e. The summed E-state index contributed by atoms with van der Waals surface area (Å²) < 4.78 is 69.2. The van der Waals surface area contributed by atoms with Crippen LogP contribution in [0.1, 0.15) is 97.8 Å². The van der Waals surface area contributed by atoms with Crippen LogP contribution in [-0.4, -0.2) is 48.1 Å². The third kappa shape index (κ3) is 16.1. The van der Waals surface area contributed by atoms with Crippen LogP contribution in [0.25, 0.3) is 0 Å². The number of nitrogens with zero attached hydrogens (tertiary/aromatic N) is 1. The first-order valence-electron chi connectivity index (χ1n) is 10.2. The maximum atomic E-state index is 11.5. The summed E-state index contributed by atoms with van der Waals surface area (Å²) in [5.41, 5.74) is 0. The van der Waals surface area contributed by atoms with Crippen molar-refractivity contribution in [3.8, 4) is 0 Å². The number of unbranched alkanes of at least 4 members (excludes halogenated alkanes) is 9. The molecule has 2 unspecified atom stereocenters. The van der Waals surface area contributed by atoms with E-state index in [0.717, 1.165) is 30.6 Å². The number of rotatable bonds is 17. The SMILES string of the molecule is CCCCCCCCCCCCN(C(CC)S(=O)(=O)[O-])C(CC)S(=O)(=O)[O-].[Na+].[Na+]. The van der Waals surface area contributed by atoms with E-state index in [1.807, 2.05) is 0 Å². The predicted octanol–water partition coefficient (Wildman–Crippen LogP) is -2.22. The smallest absolute Gasteiger partial charge is 0.747 e. The van der Waals surface area contributed by atoms with Gasteiger partial charge < -0.3 is 9.11 Å². The molecule has 0 fully saturated rings. The molecule has 11 heteroatoms. The van der Waals surface area contributed by atoms with Gasteiger partial charge in [-0.3, -0.25) is 4.90 Å². The van der Waals surface area contributed by atoms with Crippen molar-refractivity contribution in [2.45, 2.75) is 109 Å². The molecule has 0 aromatic carbocycles. The number of hydrogen-bond acceptors (Lipinski definition) is 7. The minimum atomic E-state index is -4.72. The van der Waals surface area contributed by atoms with E-state index in [-0.39, 0.29) is 78.5 Å². The molecule has 0 radical (unpaired) electrons. The van der Waals surface area contributed by atoms with Crippen molar-refractivity contribution in [3.63, 3.8) is 0 Å². The molecule has 0 saturated carbocycles. The van der Waals surface area contributed by atoms with E-state index in [9.17, 15) is 25.9 Å². The number of hydrogen-bond donors (Lipinski definition) is 0. The average Bonchev–Trinajstić information content (AvgIpc) is 2.54. The fourth-order valence-corrected chi connectivity index (χ4v) is 5.53. The standard InChI is InChI=1S/C18H39NO6S2.2Na/c1-4-7-8-9-10-11-12-13-14-15-16-19(17(5-2)26(20,21)22)18(6-3)27(23,24)25;;/h17-18H,4-16H2,1-3H3,(H,20,21,22)(H,23,24,25);;/q;2*+1/p-2. The second-order valence-electron chi connectivity index (χ2n) is 7.13. The van der Waals surface area contributed by atoms with Gasteiger partial charge in [0.25, 0.3) is 0 Å². The molecule has 0 aliphatic rings. The summed E-state index contributed by atoms with van der Waals surface area (Å²) in [6, 6.07) is 0. The van der Waals surface area contributed by atoms with Gasteiger partial charge in [-0.05, 0) is 19.3 Å². The summed E-state index contributed by atoms with van der Waals surface area (Å²) >= 11 is 0. The Kier molecular flexibility index (Phi) is 23.5. The first kappa shape index (κ1) is 35.4. The Hall–Kier alpha value is 1.78. The summed E-state index contributed by atoms with van der Waals surface area (Å²) in [5, 5.41) is -2.96. The third-order valence-electron chi connectivity index (χ3n) is 4.87. The monoisotopic (exact) mass is 473 g/mol. The van der Waals surface area contributed by atoms with Gasteiger partial charge >= 0.3 is 59.1 Å². The molecule has 29 heavy (non-hydrogen) atoms. The molecule has 164 valence electrons. The van der Waals surface area contributed by atoms with Crippen molar-refractivity contribution in [3.05, 3.63) is 0 Å². The second-order valence-corrected chi connectivity index (χ2v) is 10.2. The average molecular weight is 474 g/mol. The second kappa shape index (κ2) is 19.3. The molecule has 0 spiro atoms. The van der Waals surface area contributed by atoms with Crippen LogP contribution in [-0.2, 0) is 20.2 Å². The molecule has 0 aromatic heterocycles. The first-order chi connectivity index (χ1) is 12.6. The van der Waals surface area contributed by atoms with Crippen molar-refractivity contribution in [1.29, 1.82) is 0 Å². The molecule has 7 nitrogen and oxygen atoms in total. The Labute approximate surface area is 223 Å². The zero-order chi connectivity index (χ0) is 20.9. The van der Waals surface area contributed by atoms with Crippen LogP contribution in [0.3, 0.4) is 0 Å². The van der Waals surface area contributed by atoms with Crippen LogP contribution in [0, 0.1) is 0 Å². The molecule has 0 rings (SSSR count). The van der Waals surface area contributed by atoms with E-state index in [2.05, 4.69) is 6.92 Å². The molecule has 0 aliphatic carbocycles. The van der Waals surface area contributed by atoms with Crippen molar-refractivity contribution >= 4 is 20.2 Å². The van der Waals surface area contributed by atoms with E-state index in [0.29, 0.717) is 6.42 Å². The van der Waals surface area contributed by atoms with Gasteiger partial charge in [0.05, 0.1) is 0 Å². The topological polar surface area (TPSA) is 118 Å². The zero-order valence-electron chi connectivity index (χ0n) is 19.1. The van der Waals surface area contributed by atoms with Crippen LogP contribution in [0.4, 0.5) is 0 Å². The Morgan fingerprint density at radius 1 is 0.621 bits per heavy atom. The quantitative estimate of drug-likeness (QED) is 0.133. The molecule has 0 amide bonds. The molecule has 0 aromatic rings. The minimum Gasteiger partial charge on any atom is -0.747 e. The molecule has 0 saturated heterocycles. The van der Waals surface area contributed by atoms with Crippen molar-refractivity contribution in [1.82, 2.24) is 4.90 Å². The zero-order valence-corrected chi connectivity index (χ0v) is 24.7. The summed E-state index contributed by atoms with van der Waals surface area (Å²) in [7, 11) is -9.44. The van der Waals surface area contributed by atoms with Gasteiger partial charge in [0.15, 0.2) is 0 Å². The van der Waals surface area contributed by atoms with Crippen LogP contribution >= 0.6 is 0 Å². The van der Waals surface area contributed by atoms with E-state index in [1.165, 1.54) is 46.0 Å². The van der Waals surface area contributed by atoms with Gasteiger partial charge in [0.2, 0.25) is 0 Å². The Balaban J connectivity index is -0.00000338. The van der Waals surface area contributed by atoms with Crippen LogP contribution in [0.5, 0.6) is 0 Å². The van der Waals surface area contributed by atoms with Gasteiger partial charge in [-0.1, -0.05) is 78.6 Å². The molecule has 0 bridgehead atoms. The van der Waals surface area contributed by atoms with Gasteiger partial charge in [-0.2, -0.15) is 0 Å². The molecular weight excluding hydrogens is 436 g/mol. The fourth-order valence-electron chi connectivity index (χ4n) is 3.46. The van der Waals surface area contributed by atoms with Crippen molar-refractivity contribution < 1.29 is 85.1 Å². The van der Waals surface area contributed by atoms with E-state index in [4.69, 9.17) is 0 Å². The van der Waals surface area contributed by atoms with Gasteiger partial charge in [-0.25, -0.2) is 16.8 Å². The molecule has 0 N–H and O–H groups in total. The van der Waals surface area contributed by atoms with Crippen molar-refractivity contribution in [2.75, 3.05) is 6.54 Å². The Bertz CT molecular complexity index is 547. The summed E-state index contributed by atoms with van der Waals surface area (Å²) in [6.07, 6.45) is 10.7. The maximum Gasteiger partial charge on any atom is 1.00 e. The molecule has 0 heterocycles. The predicted molar refractivity (Wildman–Crippen MR) is 106 cm³/mol. The van der Waals surface area contributed by atoms with Gasteiger partial charge in [0.1, 0.15) is 31.0 Å². The molecule has 2 atom stereocenters.